The fraction of sp³-hybridized carbons (Fsp3) is 0.0870. The highest BCUT2D eigenvalue weighted by Crippen LogP contribution is 2.41. The molecule has 1 amide bonds. The molecule has 1 aliphatic rings. The van der Waals surface area contributed by atoms with E-state index in [-0.39, 0.29) is 26.9 Å². The lowest BCUT2D eigenvalue weighted by Crippen LogP contribution is -2.18. The number of amides is 1. The van der Waals surface area contributed by atoms with Crippen LogP contribution in [0.1, 0.15) is 11.1 Å². The summed E-state index contributed by atoms with van der Waals surface area (Å²) >= 11 is 1.05. The predicted octanol–water partition coefficient (Wildman–Crippen LogP) is 4.94. The number of nitro groups is 1. The minimum atomic E-state index is -4.12. The third-order valence-electron chi connectivity index (χ3n) is 5.10. The smallest absolute Gasteiger partial charge is 0.311 e. The molecule has 0 atom stereocenters. The Morgan fingerprint density at radius 2 is 1.83 bits per heavy atom. The molecule has 0 radical (unpaired) electrons. The standard InChI is InChI=1S/C23H16F2N2O6S2/c1-33-20-7-5-13(9-19(20)27(29)30)10-22-23(28)26-18-11-14(6-8-21(18)34-22)35(31,32)12-15-16(24)3-2-4-17(15)25/h2-11H,12H2,1H3,(H,26,28)/b22-10-. The number of nitrogens with one attached hydrogen (secondary N) is 1. The Labute approximate surface area is 202 Å². The van der Waals surface area contributed by atoms with Crippen molar-refractivity contribution in [1.82, 2.24) is 0 Å². The maximum Gasteiger partial charge on any atom is 0.311 e. The molecular formula is C23H16F2N2O6S2. The van der Waals surface area contributed by atoms with Crippen molar-refractivity contribution in [1.29, 1.82) is 0 Å². The van der Waals surface area contributed by atoms with E-state index < -0.39 is 43.6 Å². The monoisotopic (exact) mass is 518 g/mol. The topological polar surface area (TPSA) is 116 Å². The molecule has 0 unspecified atom stereocenters. The quantitative estimate of drug-likeness (QED) is 0.279. The first-order valence-electron chi connectivity index (χ1n) is 9.92. The summed E-state index contributed by atoms with van der Waals surface area (Å²) in [4.78, 5) is 23.8. The van der Waals surface area contributed by atoms with E-state index in [0.717, 1.165) is 30.0 Å². The number of ether oxygens (including phenoxy) is 1. The van der Waals surface area contributed by atoms with Crippen molar-refractivity contribution in [2.45, 2.75) is 15.5 Å². The number of nitro benzene ring substituents is 1. The van der Waals surface area contributed by atoms with E-state index in [0.29, 0.717) is 10.5 Å². The van der Waals surface area contributed by atoms with Crippen LogP contribution in [0.15, 0.2) is 69.3 Å². The van der Waals surface area contributed by atoms with Crippen LogP contribution in [0.2, 0.25) is 0 Å². The van der Waals surface area contributed by atoms with Crippen LogP contribution >= 0.6 is 11.8 Å². The molecule has 0 spiro atoms. The zero-order valence-electron chi connectivity index (χ0n) is 17.9. The van der Waals surface area contributed by atoms with Gasteiger partial charge < -0.3 is 10.1 Å². The summed E-state index contributed by atoms with van der Waals surface area (Å²) in [5, 5.41) is 13.8. The van der Waals surface area contributed by atoms with Crippen LogP contribution in [-0.4, -0.2) is 26.4 Å². The Balaban J connectivity index is 1.62. The number of anilines is 1. The number of methoxy groups -OCH3 is 1. The lowest BCUT2D eigenvalue weighted by atomic mass is 10.1. The highest BCUT2D eigenvalue weighted by Gasteiger charge is 2.26. The second kappa shape index (κ2) is 9.47. The van der Waals surface area contributed by atoms with E-state index in [2.05, 4.69) is 5.32 Å². The van der Waals surface area contributed by atoms with Gasteiger partial charge in [-0.1, -0.05) is 23.9 Å². The molecule has 8 nitrogen and oxygen atoms in total. The van der Waals surface area contributed by atoms with Crippen molar-refractivity contribution < 1.29 is 31.7 Å². The number of benzene rings is 3. The van der Waals surface area contributed by atoms with E-state index >= 15 is 0 Å². The van der Waals surface area contributed by atoms with Gasteiger partial charge in [-0.2, -0.15) is 0 Å². The van der Waals surface area contributed by atoms with Crippen LogP contribution in [0, 0.1) is 21.7 Å². The van der Waals surface area contributed by atoms with Crippen LogP contribution in [0.4, 0.5) is 20.2 Å². The Bertz CT molecular complexity index is 1490. The van der Waals surface area contributed by atoms with Crippen LogP contribution in [0.5, 0.6) is 5.75 Å². The second-order valence-electron chi connectivity index (χ2n) is 7.37. The van der Waals surface area contributed by atoms with E-state index in [1.165, 1.54) is 43.5 Å². The van der Waals surface area contributed by atoms with E-state index in [1.807, 2.05) is 0 Å². The van der Waals surface area contributed by atoms with Gasteiger partial charge in [0.2, 0.25) is 0 Å². The van der Waals surface area contributed by atoms with Crippen LogP contribution in [0.3, 0.4) is 0 Å². The SMILES string of the molecule is COc1ccc(/C=C2\Sc3ccc(S(=O)(=O)Cc4c(F)cccc4F)cc3NC2=O)cc1[N+](=O)[O-]. The summed E-state index contributed by atoms with van der Waals surface area (Å²) < 4.78 is 58.4. The molecule has 0 saturated carbocycles. The lowest BCUT2D eigenvalue weighted by molar-refractivity contribution is -0.385. The highest BCUT2D eigenvalue weighted by molar-refractivity contribution is 8.04. The minimum absolute atomic E-state index is 0.0762. The third-order valence-corrected chi connectivity index (χ3v) is 7.84. The number of carbonyl (C=O) groups is 1. The number of fused-ring (bicyclic) bond motifs is 1. The molecule has 0 bridgehead atoms. The summed E-state index contributed by atoms with van der Waals surface area (Å²) in [5.41, 5.74) is -0.218. The molecule has 1 aliphatic heterocycles. The second-order valence-corrected chi connectivity index (χ2v) is 10.4. The summed E-state index contributed by atoms with van der Waals surface area (Å²) in [7, 11) is -2.81. The number of rotatable bonds is 6. The van der Waals surface area contributed by atoms with Gasteiger partial charge in [0, 0.05) is 16.5 Å². The molecule has 3 aromatic rings. The lowest BCUT2D eigenvalue weighted by Gasteiger charge is -2.19. The average Bonchev–Trinajstić information content (AvgIpc) is 2.81. The first kappa shape index (κ1) is 24.4. The molecule has 0 saturated heterocycles. The van der Waals surface area contributed by atoms with Gasteiger partial charge in [0.1, 0.15) is 11.6 Å². The number of nitrogens with zero attached hydrogens (tertiary/aromatic N) is 1. The summed E-state index contributed by atoms with van der Waals surface area (Å²) in [6.07, 6.45) is 1.46. The Morgan fingerprint density at radius 1 is 1.11 bits per heavy atom. The van der Waals surface area contributed by atoms with Gasteiger partial charge in [0.15, 0.2) is 15.6 Å². The molecule has 0 aromatic heterocycles. The van der Waals surface area contributed by atoms with Crippen LogP contribution in [-0.2, 0) is 20.4 Å². The van der Waals surface area contributed by atoms with Crippen molar-refractivity contribution in [3.05, 3.63) is 92.4 Å². The van der Waals surface area contributed by atoms with Crippen molar-refractivity contribution >= 4 is 45.0 Å². The maximum absolute atomic E-state index is 13.9. The Morgan fingerprint density at radius 3 is 2.49 bits per heavy atom. The first-order chi connectivity index (χ1) is 16.6. The van der Waals surface area contributed by atoms with E-state index in [9.17, 15) is 32.1 Å². The first-order valence-corrected chi connectivity index (χ1v) is 12.4. The summed E-state index contributed by atoms with van der Waals surface area (Å²) in [6, 6.07) is 11.3. The van der Waals surface area contributed by atoms with Gasteiger partial charge in [-0.15, -0.1) is 0 Å². The van der Waals surface area contributed by atoms with Crippen LogP contribution < -0.4 is 10.1 Å². The fourth-order valence-corrected chi connectivity index (χ4v) is 5.69. The van der Waals surface area contributed by atoms with Crippen molar-refractivity contribution in [3.63, 3.8) is 0 Å². The molecule has 1 heterocycles. The number of hydrogen-bond acceptors (Lipinski definition) is 7. The number of halogens is 2. The maximum atomic E-state index is 13.9. The van der Waals surface area contributed by atoms with Gasteiger partial charge in [0.05, 0.1) is 33.3 Å². The van der Waals surface area contributed by atoms with Gasteiger partial charge in [-0.25, -0.2) is 17.2 Å². The van der Waals surface area contributed by atoms with Crippen molar-refractivity contribution in [2.24, 2.45) is 0 Å². The molecule has 12 heteroatoms. The number of hydrogen-bond donors (Lipinski definition) is 1. The number of sulfone groups is 1. The van der Waals surface area contributed by atoms with Crippen molar-refractivity contribution in [2.75, 3.05) is 12.4 Å². The number of thioether (sulfide) groups is 1. The zero-order chi connectivity index (χ0) is 25.3. The Hall–Kier alpha value is -3.77. The zero-order valence-corrected chi connectivity index (χ0v) is 19.6. The van der Waals surface area contributed by atoms with Crippen LogP contribution in [0.25, 0.3) is 6.08 Å². The molecular weight excluding hydrogens is 502 g/mol. The highest BCUT2D eigenvalue weighted by atomic mass is 32.2. The van der Waals surface area contributed by atoms with Gasteiger partial charge in [-0.3, -0.25) is 14.9 Å². The summed E-state index contributed by atoms with van der Waals surface area (Å²) in [5.74, 6) is -3.29. The molecule has 0 aliphatic carbocycles. The normalized spacial score (nSPS) is 14.4. The molecule has 35 heavy (non-hydrogen) atoms. The molecule has 3 aromatic carbocycles. The number of carbonyl (C=O) groups excluding carboxylic acids is 1. The molecule has 0 fully saturated rings. The van der Waals surface area contributed by atoms with Gasteiger partial charge in [0.25, 0.3) is 5.91 Å². The molecule has 1 N–H and O–H groups in total. The molecule has 180 valence electrons. The van der Waals surface area contributed by atoms with Gasteiger partial charge in [-0.05, 0) is 48.0 Å². The average molecular weight is 519 g/mol. The fourth-order valence-electron chi connectivity index (χ4n) is 3.37. The van der Waals surface area contributed by atoms with Gasteiger partial charge >= 0.3 is 5.69 Å². The van der Waals surface area contributed by atoms with Crippen molar-refractivity contribution in [3.8, 4) is 5.75 Å². The minimum Gasteiger partial charge on any atom is -0.490 e. The Kier molecular flexibility index (Phi) is 6.59. The van der Waals surface area contributed by atoms with E-state index in [1.54, 1.807) is 6.07 Å². The summed E-state index contributed by atoms with van der Waals surface area (Å²) in [6.45, 7) is 0. The third kappa shape index (κ3) is 5.03. The molecule has 4 rings (SSSR count). The van der Waals surface area contributed by atoms with E-state index in [4.69, 9.17) is 4.74 Å². The predicted molar refractivity (Wildman–Crippen MR) is 126 cm³/mol. The largest absolute Gasteiger partial charge is 0.490 e.